The van der Waals surface area contributed by atoms with Crippen molar-refractivity contribution in [2.24, 2.45) is 0 Å². The van der Waals surface area contributed by atoms with Crippen molar-refractivity contribution >= 4 is 17.3 Å². The van der Waals surface area contributed by atoms with Gasteiger partial charge in [0.05, 0.1) is 30.5 Å². The molecular formula is C15H24ClNO3. The van der Waals surface area contributed by atoms with E-state index in [0.717, 1.165) is 24.3 Å². The number of hydrogen-bond donors (Lipinski definition) is 1. The minimum atomic E-state index is -0.00209. The van der Waals surface area contributed by atoms with E-state index in [4.69, 9.17) is 26.2 Å². The summed E-state index contributed by atoms with van der Waals surface area (Å²) < 4.78 is 10.8. The SMILES string of the molecule is CCOCCN(CCOCC)c1ccc(CO)cc1Cl. The van der Waals surface area contributed by atoms with Crippen LogP contribution in [0.15, 0.2) is 18.2 Å². The highest BCUT2D eigenvalue weighted by Gasteiger charge is 2.11. The first-order chi connectivity index (χ1) is 9.72. The van der Waals surface area contributed by atoms with Gasteiger partial charge in [0.15, 0.2) is 0 Å². The predicted molar refractivity (Wildman–Crippen MR) is 82.6 cm³/mol. The number of anilines is 1. The van der Waals surface area contributed by atoms with E-state index in [2.05, 4.69) is 4.90 Å². The third kappa shape index (κ3) is 5.67. The molecule has 0 unspecified atom stereocenters. The molecule has 0 saturated carbocycles. The Balaban J connectivity index is 2.73. The molecule has 1 aromatic rings. The van der Waals surface area contributed by atoms with Crippen molar-refractivity contribution in [3.05, 3.63) is 28.8 Å². The van der Waals surface area contributed by atoms with Gasteiger partial charge >= 0.3 is 0 Å². The maximum absolute atomic E-state index is 9.13. The Labute approximate surface area is 126 Å². The lowest BCUT2D eigenvalue weighted by molar-refractivity contribution is 0.141. The molecule has 0 saturated heterocycles. The molecule has 4 nitrogen and oxygen atoms in total. The van der Waals surface area contributed by atoms with E-state index in [1.165, 1.54) is 0 Å². The second-order valence-electron chi connectivity index (χ2n) is 4.32. The predicted octanol–water partition coefficient (Wildman–Crippen LogP) is 2.71. The summed E-state index contributed by atoms with van der Waals surface area (Å²) in [6.45, 7) is 8.20. The molecule has 0 amide bonds. The van der Waals surface area contributed by atoms with Gasteiger partial charge in [0.1, 0.15) is 0 Å². The summed E-state index contributed by atoms with van der Waals surface area (Å²) in [5, 5.41) is 9.77. The standard InChI is InChI=1S/C15H24ClNO3/c1-3-19-9-7-17(8-10-20-4-2)15-6-5-13(12-18)11-14(15)16/h5-6,11,18H,3-4,7-10,12H2,1-2H3. The van der Waals surface area contributed by atoms with Crippen LogP contribution < -0.4 is 4.90 Å². The van der Waals surface area contributed by atoms with E-state index in [1.807, 2.05) is 26.0 Å². The Morgan fingerprint density at radius 2 is 1.70 bits per heavy atom. The fourth-order valence-corrected chi connectivity index (χ4v) is 2.22. The first kappa shape index (κ1) is 17.2. The van der Waals surface area contributed by atoms with Crippen LogP contribution in [-0.2, 0) is 16.1 Å². The number of ether oxygens (including phenoxy) is 2. The van der Waals surface area contributed by atoms with Gasteiger partial charge in [0.2, 0.25) is 0 Å². The van der Waals surface area contributed by atoms with E-state index >= 15 is 0 Å². The smallest absolute Gasteiger partial charge is 0.0682 e. The normalized spacial score (nSPS) is 10.8. The highest BCUT2D eigenvalue weighted by molar-refractivity contribution is 6.33. The van der Waals surface area contributed by atoms with Crippen LogP contribution in [-0.4, -0.2) is 44.6 Å². The third-order valence-corrected chi connectivity index (χ3v) is 3.26. The minimum Gasteiger partial charge on any atom is -0.392 e. The van der Waals surface area contributed by atoms with E-state index in [9.17, 15) is 0 Å². The topological polar surface area (TPSA) is 41.9 Å². The fourth-order valence-electron chi connectivity index (χ4n) is 1.90. The Bertz CT molecular complexity index is 377. The zero-order valence-electron chi connectivity index (χ0n) is 12.3. The van der Waals surface area contributed by atoms with Crippen molar-refractivity contribution in [1.29, 1.82) is 0 Å². The average molecular weight is 302 g/mol. The van der Waals surface area contributed by atoms with Crippen LogP contribution in [0.1, 0.15) is 19.4 Å². The van der Waals surface area contributed by atoms with Crippen LogP contribution in [0.2, 0.25) is 5.02 Å². The summed E-state index contributed by atoms with van der Waals surface area (Å²) in [5.41, 5.74) is 1.76. The zero-order valence-corrected chi connectivity index (χ0v) is 13.0. The van der Waals surface area contributed by atoms with Crippen LogP contribution in [0.5, 0.6) is 0 Å². The van der Waals surface area contributed by atoms with Crippen molar-refractivity contribution in [1.82, 2.24) is 0 Å². The maximum atomic E-state index is 9.13. The van der Waals surface area contributed by atoms with E-state index in [1.54, 1.807) is 6.07 Å². The monoisotopic (exact) mass is 301 g/mol. The van der Waals surface area contributed by atoms with Crippen molar-refractivity contribution < 1.29 is 14.6 Å². The van der Waals surface area contributed by atoms with E-state index < -0.39 is 0 Å². The molecule has 5 heteroatoms. The molecule has 0 aliphatic rings. The summed E-state index contributed by atoms with van der Waals surface area (Å²) in [5.74, 6) is 0. The first-order valence-electron chi connectivity index (χ1n) is 7.02. The molecule has 0 aliphatic carbocycles. The highest BCUT2D eigenvalue weighted by Crippen LogP contribution is 2.26. The largest absolute Gasteiger partial charge is 0.392 e. The molecule has 0 bridgehead atoms. The van der Waals surface area contributed by atoms with Gasteiger partial charge in [0, 0.05) is 26.3 Å². The van der Waals surface area contributed by atoms with Gasteiger partial charge in [-0.25, -0.2) is 0 Å². The molecule has 1 rings (SSSR count). The van der Waals surface area contributed by atoms with Gasteiger partial charge < -0.3 is 19.5 Å². The Morgan fingerprint density at radius 3 is 2.15 bits per heavy atom. The van der Waals surface area contributed by atoms with Crippen molar-refractivity contribution in [3.63, 3.8) is 0 Å². The zero-order chi connectivity index (χ0) is 14.8. The molecule has 0 spiro atoms. The lowest BCUT2D eigenvalue weighted by Gasteiger charge is -2.26. The average Bonchev–Trinajstić information content (AvgIpc) is 2.46. The number of halogens is 1. The molecule has 0 radical (unpaired) electrons. The summed E-state index contributed by atoms with van der Waals surface area (Å²) in [6.07, 6.45) is 0. The van der Waals surface area contributed by atoms with Gasteiger partial charge in [-0.1, -0.05) is 17.7 Å². The minimum absolute atomic E-state index is 0.00209. The molecule has 1 aromatic carbocycles. The van der Waals surface area contributed by atoms with E-state index in [-0.39, 0.29) is 6.61 Å². The first-order valence-corrected chi connectivity index (χ1v) is 7.40. The van der Waals surface area contributed by atoms with Crippen molar-refractivity contribution in [2.45, 2.75) is 20.5 Å². The number of rotatable bonds is 10. The third-order valence-electron chi connectivity index (χ3n) is 2.95. The summed E-state index contributed by atoms with van der Waals surface area (Å²) >= 11 is 6.29. The van der Waals surface area contributed by atoms with Gasteiger partial charge in [-0.2, -0.15) is 0 Å². The summed E-state index contributed by atoms with van der Waals surface area (Å²) in [4.78, 5) is 2.15. The molecule has 1 N–H and O–H groups in total. The van der Waals surface area contributed by atoms with Crippen LogP contribution in [0.4, 0.5) is 5.69 Å². The van der Waals surface area contributed by atoms with Gasteiger partial charge in [-0.3, -0.25) is 0 Å². The molecule has 0 atom stereocenters. The number of aliphatic hydroxyl groups excluding tert-OH is 1. The fraction of sp³-hybridized carbons (Fsp3) is 0.600. The maximum Gasteiger partial charge on any atom is 0.0682 e. The quantitative estimate of drug-likeness (QED) is 0.675. The number of benzene rings is 1. The van der Waals surface area contributed by atoms with Crippen LogP contribution in [0, 0.1) is 0 Å². The van der Waals surface area contributed by atoms with Gasteiger partial charge in [-0.05, 0) is 31.5 Å². The Kier molecular flexibility index (Phi) is 8.62. The second-order valence-corrected chi connectivity index (χ2v) is 4.73. The van der Waals surface area contributed by atoms with Crippen LogP contribution >= 0.6 is 11.6 Å². The molecular weight excluding hydrogens is 278 g/mol. The van der Waals surface area contributed by atoms with E-state index in [0.29, 0.717) is 31.5 Å². The summed E-state index contributed by atoms with van der Waals surface area (Å²) in [7, 11) is 0. The second kappa shape index (κ2) is 10.00. The van der Waals surface area contributed by atoms with Crippen molar-refractivity contribution in [2.75, 3.05) is 44.4 Å². The number of hydrogen-bond acceptors (Lipinski definition) is 4. The lowest BCUT2D eigenvalue weighted by atomic mass is 10.2. The summed E-state index contributed by atoms with van der Waals surface area (Å²) in [6, 6.07) is 5.62. The molecule has 0 aliphatic heterocycles. The lowest BCUT2D eigenvalue weighted by Crippen LogP contribution is -2.31. The highest BCUT2D eigenvalue weighted by atomic mass is 35.5. The molecule has 114 valence electrons. The molecule has 0 fully saturated rings. The molecule has 0 heterocycles. The Hall–Kier alpha value is -0.810. The van der Waals surface area contributed by atoms with Gasteiger partial charge in [0.25, 0.3) is 0 Å². The number of aliphatic hydroxyl groups is 1. The van der Waals surface area contributed by atoms with Gasteiger partial charge in [-0.15, -0.1) is 0 Å². The number of nitrogens with zero attached hydrogens (tertiary/aromatic N) is 1. The van der Waals surface area contributed by atoms with Crippen LogP contribution in [0.3, 0.4) is 0 Å². The molecule has 0 aromatic heterocycles. The van der Waals surface area contributed by atoms with Crippen molar-refractivity contribution in [3.8, 4) is 0 Å². The molecule has 20 heavy (non-hydrogen) atoms. The Morgan fingerprint density at radius 1 is 1.10 bits per heavy atom. The van der Waals surface area contributed by atoms with Crippen LogP contribution in [0.25, 0.3) is 0 Å².